The number of aryl methyl sites for hydroxylation is 1. The first-order valence-electron chi connectivity index (χ1n) is 10.1. The van der Waals surface area contributed by atoms with E-state index in [1.54, 1.807) is 24.0 Å². The second-order valence-electron chi connectivity index (χ2n) is 7.49. The van der Waals surface area contributed by atoms with Gasteiger partial charge in [0.25, 0.3) is 0 Å². The Morgan fingerprint density at radius 2 is 1.86 bits per heavy atom. The van der Waals surface area contributed by atoms with E-state index in [-0.39, 0.29) is 29.7 Å². The average molecular weight is 397 g/mol. The zero-order chi connectivity index (χ0) is 20.8. The van der Waals surface area contributed by atoms with E-state index in [1.807, 2.05) is 37.3 Å². The van der Waals surface area contributed by atoms with E-state index in [4.69, 9.17) is 0 Å². The molecule has 0 unspecified atom stereocenters. The number of hydrogen-bond acceptors (Lipinski definition) is 2. The Kier molecular flexibility index (Phi) is 6.86. The van der Waals surface area contributed by atoms with Crippen molar-refractivity contribution < 1.29 is 14.0 Å². The number of nitrogens with zero attached hydrogens (tertiary/aromatic N) is 1. The third-order valence-corrected chi connectivity index (χ3v) is 5.42. The number of benzene rings is 2. The van der Waals surface area contributed by atoms with Gasteiger partial charge in [0.15, 0.2) is 0 Å². The Labute approximate surface area is 171 Å². The zero-order valence-electron chi connectivity index (χ0n) is 17.0. The van der Waals surface area contributed by atoms with E-state index in [2.05, 4.69) is 10.6 Å². The fourth-order valence-electron chi connectivity index (χ4n) is 3.81. The highest BCUT2D eigenvalue weighted by atomic mass is 19.1. The number of carbonyl (C=O) groups excluding carboxylic acids is 2. The predicted molar refractivity (Wildman–Crippen MR) is 111 cm³/mol. The molecule has 1 fully saturated rings. The summed E-state index contributed by atoms with van der Waals surface area (Å²) in [4.78, 5) is 27.1. The van der Waals surface area contributed by atoms with E-state index in [0.717, 1.165) is 11.1 Å². The molecular formula is C23H28FN3O2. The van der Waals surface area contributed by atoms with Gasteiger partial charge in [-0.05, 0) is 49.4 Å². The number of likely N-dealkylation sites (tertiary alicyclic amines) is 1. The minimum absolute atomic E-state index is 0.0445. The third kappa shape index (κ3) is 5.13. The summed E-state index contributed by atoms with van der Waals surface area (Å²) in [5, 5.41) is 5.82. The van der Waals surface area contributed by atoms with Crippen LogP contribution in [0, 0.1) is 18.7 Å². The van der Waals surface area contributed by atoms with Gasteiger partial charge in [-0.2, -0.15) is 0 Å². The first-order valence-corrected chi connectivity index (χ1v) is 10.1. The van der Waals surface area contributed by atoms with Crippen LogP contribution in [-0.2, 0) is 11.3 Å². The van der Waals surface area contributed by atoms with Crippen LogP contribution in [0.5, 0.6) is 0 Å². The van der Waals surface area contributed by atoms with Gasteiger partial charge in [-0.1, -0.05) is 42.5 Å². The standard InChI is InChI=1S/C23H28FN3O2/c1-3-25-23(29)27-15-19(22(28)26-14-17-7-5-4-6-8-17)10-12-21(27)18-9-11-20(24)16(2)13-18/h4-9,11,13,19,21H,3,10,12,14-15H2,1-2H3,(H,25,29)(H,26,28)/t19-,21-/m1/s1. The summed E-state index contributed by atoms with van der Waals surface area (Å²) in [6.45, 7) is 4.90. The van der Waals surface area contributed by atoms with E-state index in [1.165, 1.54) is 6.07 Å². The number of urea groups is 1. The molecule has 29 heavy (non-hydrogen) atoms. The van der Waals surface area contributed by atoms with Crippen molar-refractivity contribution in [1.82, 2.24) is 15.5 Å². The van der Waals surface area contributed by atoms with Crippen LogP contribution in [0.25, 0.3) is 0 Å². The lowest BCUT2D eigenvalue weighted by atomic mass is 9.88. The first kappa shape index (κ1) is 20.8. The van der Waals surface area contributed by atoms with Gasteiger partial charge >= 0.3 is 6.03 Å². The number of piperidine rings is 1. The van der Waals surface area contributed by atoms with Crippen molar-refractivity contribution in [3.05, 3.63) is 71.0 Å². The average Bonchev–Trinajstić information content (AvgIpc) is 2.74. The molecule has 0 saturated carbocycles. The Hall–Kier alpha value is -2.89. The lowest BCUT2D eigenvalue weighted by Crippen LogP contribution is -2.50. The zero-order valence-corrected chi connectivity index (χ0v) is 17.0. The number of amides is 3. The molecule has 2 aromatic rings. The van der Waals surface area contributed by atoms with E-state index >= 15 is 0 Å². The van der Waals surface area contributed by atoms with Gasteiger partial charge in [-0.3, -0.25) is 4.79 Å². The maximum Gasteiger partial charge on any atom is 0.317 e. The fraction of sp³-hybridized carbons (Fsp3) is 0.391. The van der Waals surface area contributed by atoms with Crippen LogP contribution in [0.1, 0.15) is 42.5 Å². The topological polar surface area (TPSA) is 61.4 Å². The van der Waals surface area contributed by atoms with Crippen LogP contribution in [-0.4, -0.2) is 29.9 Å². The molecule has 1 heterocycles. The molecule has 0 aromatic heterocycles. The first-order chi connectivity index (χ1) is 14.0. The van der Waals surface area contributed by atoms with Crippen LogP contribution < -0.4 is 10.6 Å². The molecule has 0 radical (unpaired) electrons. The lowest BCUT2D eigenvalue weighted by molar-refractivity contribution is -0.126. The molecule has 2 aromatic carbocycles. The number of rotatable bonds is 5. The SMILES string of the molecule is CCNC(=O)N1C[C@H](C(=O)NCc2ccccc2)CC[C@@H]1c1ccc(F)c(C)c1. The molecule has 2 N–H and O–H groups in total. The summed E-state index contributed by atoms with van der Waals surface area (Å²) in [6.07, 6.45) is 1.34. The van der Waals surface area contributed by atoms with Gasteiger partial charge < -0.3 is 15.5 Å². The summed E-state index contributed by atoms with van der Waals surface area (Å²) in [5.74, 6) is -0.566. The van der Waals surface area contributed by atoms with Crippen LogP contribution in [0.15, 0.2) is 48.5 Å². The molecule has 0 bridgehead atoms. The molecular weight excluding hydrogens is 369 g/mol. The normalized spacial score (nSPS) is 18.9. The van der Waals surface area contributed by atoms with Crippen molar-refractivity contribution in [2.75, 3.05) is 13.1 Å². The molecule has 2 atom stereocenters. The summed E-state index contributed by atoms with van der Waals surface area (Å²) in [5.41, 5.74) is 2.50. The molecule has 1 aliphatic rings. The van der Waals surface area contributed by atoms with Crippen molar-refractivity contribution in [2.45, 2.75) is 39.3 Å². The quantitative estimate of drug-likeness (QED) is 0.803. The van der Waals surface area contributed by atoms with Gasteiger partial charge in [-0.15, -0.1) is 0 Å². The second kappa shape index (κ2) is 9.54. The molecule has 1 aliphatic heterocycles. The van der Waals surface area contributed by atoms with Crippen molar-refractivity contribution in [3.8, 4) is 0 Å². The molecule has 1 saturated heterocycles. The monoisotopic (exact) mass is 397 g/mol. The third-order valence-electron chi connectivity index (χ3n) is 5.42. The van der Waals surface area contributed by atoms with Gasteiger partial charge in [0.05, 0.1) is 12.0 Å². The van der Waals surface area contributed by atoms with Crippen molar-refractivity contribution in [1.29, 1.82) is 0 Å². The molecule has 6 heteroatoms. The summed E-state index contributed by atoms with van der Waals surface area (Å²) >= 11 is 0. The largest absolute Gasteiger partial charge is 0.352 e. The minimum Gasteiger partial charge on any atom is -0.352 e. The maximum atomic E-state index is 13.7. The van der Waals surface area contributed by atoms with E-state index in [9.17, 15) is 14.0 Å². The van der Waals surface area contributed by atoms with Crippen LogP contribution >= 0.6 is 0 Å². The van der Waals surface area contributed by atoms with E-state index < -0.39 is 0 Å². The minimum atomic E-state index is -0.265. The highest BCUT2D eigenvalue weighted by Gasteiger charge is 2.35. The fourth-order valence-corrected chi connectivity index (χ4v) is 3.81. The number of carbonyl (C=O) groups is 2. The van der Waals surface area contributed by atoms with Gasteiger partial charge in [0.2, 0.25) is 5.91 Å². The highest BCUT2D eigenvalue weighted by molar-refractivity contribution is 5.81. The predicted octanol–water partition coefficient (Wildman–Crippen LogP) is 3.93. The van der Waals surface area contributed by atoms with Crippen molar-refractivity contribution in [2.24, 2.45) is 5.92 Å². The molecule has 0 spiro atoms. The Balaban J connectivity index is 1.71. The van der Waals surface area contributed by atoms with Crippen LogP contribution in [0.2, 0.25) is 0 Å². The van der Waals surface area contributed by atoms with Gasteiger partial charge in [0, 0.05) is 19.6 Å². The van der Waals surface area contributed by atoms with Gasteiger partial charge in [-0.25, -0.2) is 9.18 Å². The lowest BCUT2D eigenvalue weighted by Gasteiger charge is -2.39. The number of hydrogen-bond donors (Lipinski definition) is 2. The van der Waals surface area contributed by atoms with Crippen LogP contribution in [0.4, 0.5) is 9.18 Å². The molecule has 0 aliphatic carbocycles. The van der Waals surface area contributed by atoms with Crippen molar-refractivity contribution in [3.63, 3.8) is 0 Å². The Morgan fingerprint density at radius 1 is 1.10 bits per heavy atom. The number of halogens is 1. The van der Waals surface area contributed by atoms with Crippen LogP contribution in [0.3, 0.4) is 0 Å². The Morgan fingerprint density at radius 3 is 2.55 bits per heavy atom. The van der Waals surface area contributed by atoms with Crippen molar-refractivity contribution >= 4 is 11.9 Å². The smallest absolute Gasteiger partial charge is 0.317 e. The highest BCUT2D eigenvalue weighted by Crippen LogP contribution is 2.34. The molecule has 5 nitrogen and oxygen atoms in total. The summed E-state index contributed by atoms with van der Waals surface area (Å²) in [6, 6.07) is 14.4. The molecule has 3 rings (SSSR count). The second-order valence-corrected chi connectivity index (χ2v) is 7.49. The van der Waals surface area contributed by atoms with Gasteiger partial charge in [0.1, 0.15) is 5.82 Å². The molecule has 3 amide bonds. The summed E-state index contributed by atoms with van der Waals surface area (Å²) in [7, 11) is 0. The Bertz CT molecular complexity index is 856. The summed E-state index contributed by atoms with van der Waals surface area (Å²) < 4.78 is 13.7. The molecule has 154 valence electrons. The maximum absolute atomic E-state index is 13.7. The number of nitrogens with one attached hydrogen (secondary N) is 2. The van der Waals surface area contributed by atoms with E-state index in [0.29, 0.717) is 38.0 Å².